The summed E-state index contributed by atoms with van der Waals surface area (Å²) < 4.78 is 18.2. The first-order chi connectivity index (χ1) is 12.0. The van der Waals surface area contributed by atoms with E-state index in [-0.39, 0.29) is 18.9 Å². The fourth-order valence-corrected chi connectivity index (χ4v) is 2.98. The van der Waals surface area contributed by atoms with Crippen molar-refractivity contribution in [3.63, 3.8) is 0 Å². The van der Waals surface area contributed by atoms with Crippen molar-refractivity contribution in [1.29, 1.82) is 0 Å². The number of nitrogens with one attached hydrogen (secondary N) is 2. The van der Waals surface area contributed by atoms with Crippen molar-refractivity contribution in [2.45, 2.75) is 31.4 Å². The van der Waals surface area contributed by atoms with Gasteiger partial charge in [0.05, 0.1) is 12.8 Å². The lowest BCUT2D eigenvalue weighted by atomic mass is 9.83. The Morgan fingerprint density at radius 2 is 1.88 bits per heavy atom. The molecule has 0 fully saturated rings. The van der Waals surface area contributed by atoms with Gasteiger partial charge in [0.25, 0.3) is 0 Å². The van der Waals surface area contributed by atoms with Gasteiger partial charge < -0.3 is 20.2 Å². The molecule has 0 spiro atoms. The zero-order valence-corrected chi connectivity index (χ0v) is 13.5. The first-order valence-corrected chi connectivity index (χ1v) is 8.08. The summed E-state index contributed by atoms with van der Waals surface area (Å²) in [6.45, 7) is 0.0466. The maximum atomic E-state index is 12.8. The molecule has 1 heterocycles. The SMILES string of the molecule is O=C(NCc1ccc(F)cc1)C(=O)NCC1(O)CCCc2occc21. The predicted octanol–water partition coefficient (Wildman–Crippen LogP) is 1.38. The molecule has 0 radical (unpaired) electrons. The van der Waals surface area contributed by atoms with E-state index >= 15 is 0 Å². The Morgan fingerprint density at radius 1 is 1.16 bits per heavy atom. The number of rotatable bonds is 4. The summed E-state index contributed by atoms with van der Waals surface area (Å²) in [5.74, 6) is -1.29. The van der Waals surface area contributed by atoms with Crippen molar-refractivity contribution < 1.29 is 23.5 Å². The molecule has 1 atom stereocenters. The first kappa shape index (κ1) is 17.2. The van der Waals surface area contributed by atoms with E-state index < -0.39 is 17.4 Å². The molecule has 0 bridgehead atoms. The predicted molar refractivity (Wildman–Crippen MR) is 86.8 cm³/mol. The lowest BCUT2D eigenvalue weighted by Crippen LogP contribution is -2.47. The number of fused-ring (bicyclic) bond motifs is 1. The van der Waals surface area contributed by atoms with Gasteiger partial charge in [-0.2, -0.15) is 0 Å². The van der Waals surface area contributed by atoms with E-state index in [0.29, 0.717) is 23.3 Å². The molecule has 0 saturated heterocycles. The van der Waals surface area contributed by atoms with Crippen LogP contribution in [0.25, 0.3) is 0 Å². The molecule has 25 heavy (non-hydrogen) atoms. The summed E-state index contributed by atoms with van der Waals surface area (Å²) in [6, 6.07) is 7.30. The summed E-state index contributed by atoms with van der Waals surface area (Å²) in [7, 11) is 0. The molecular formula is C18H19FN2O4. The second-order valence-corrected chi connectivity index (χ2v) is 6.13. The molecule has 1 aliphatic rings. The van der Waals surface area contributed by atoms with Crippen molar-refractivity contribution in [2.75, 3.05) is 6.54 Å². The molecule has 1 aromatic carbocycles. The van der Waals surface area contributed by atoms with Crippen LogP contribution in [-0.4, -0.2) is 23.5 Å². The van der Waals surface area contributed by atoms with Gasteiger partial charge in [-0.05, 0) is 36.6 Å². The third-order valence-corrected chi connectivity index (χ3v) is 4.35. The van der Waals surface area contributed by atoms with Crippen LogP contribution >= 0.6 is 0 Å². The summed E-state index contributed by atoms with van der Waals surface area (Å²) in [4.78, 5) is 23.8. The molecule has 7 heteroatoms. The lowest BCUT2D eigenvalue weighted by molar-refractivity contribution is -0.140. The van der Waals surface area contributed by atoms with Gasteiger partial charge in [-0.15, -0.1) is 0 Å². The number of aryl methyl sites for hydroxylation is 1. The van der Waals surface area contributed by atoms with E-state index in [1.165, 1.54) is 30.5 Å². The third kappa shape index (κ3) is 3.88. The number of carbonyl (C=O) groups excluding carboxylic acids is 2. The Hall–Kier alpha value is -2.67. The van der Waals surface area contributed by atoms with Gasteiger partial charge in [-0.3, -0.25) is 9.59 Å². The number of halogens is 1. The topological polar surface area (TPSA) is 91.6 Å². The van der Waals surface area contributed by atoms with E-state index in [2.05, 4.69) is 10.6 Å². The van der Waals surface area contributed by atoms with E-state index in [0.717, 1.165) is 12.8 Å². The number of hydrogen-bond donors (Lipinski definition) is 3. The van der Waals surface area contributed by atoms with Crippen molar-refractivity contribution in [2.24, 2.45) is 0 Å². The van der Waals surface area contributed by atoms with Gasteiger partial charge in [0, 0.05) is 18.5 Å². The summed E-state index contributed by atoms with van der Waals surface area (Å²) in [5, 5.41) is 15.7. The Bertz CT molecular complexity index is 772. The summed E-state index contributed by atoms with van der Waals surface area (Å²) in [6.07, 6.45) is 3.48. The minimum absolute atomic E-state index is 0.0671. The summed E-state index contributed by atoms with van der Waals surface area (Å²) in [5.41, 5.74) is 0.107. The number of aliphatic hydroxyl groups is 1. The zero-order valence-electron chi connectivity index (χ0n) is 13.5. The number of furan rings is 1. The average molecular weight is 346 g/mol. The van der Waals surface area contributed by atoms with Crippen LogP contribution in [0.15, 0.2) is 41.0 Å². The Kier molecular flexibility index (Phi) is 4.85. The maximum Gasteiger partial charge on any atom is 0.309 e. The number of amides is 2. The van der Waals surface area contributed by atoms with Gasteiger partial charge in [0.1, 0.15) is 17.2 Å². The zero-order chi connectivity index (χ0) is 17.9. The molecule has 3 rings (SSSR count). The van der Waals surface area contributed by atoms with Crippen LogP contribution in [0, 0.1) is 5.82 Å². The summed E-state index contributed by atoms with van der Waals surface area (Å²) >= 11 is 0. The molecule has 3 N–H and O–H groups in total. The Balaban J connectivity index is 1.52. The smallest absolute Gasteiger partial charge is 0.309 e. The molecule has 2 amide bonds. The van der Waals surface area contributed by atoms with Crippen LogP contribution in [0.1, 0.15) is 29.7 Å². The minimum atomic E-state index is -1.23. The van der Waals surface area contributed by atoms with Crippen LogP contribution in [0.2, 0.25) is 0 Å². The number of carbonyl (C=O) groups is 2. The number of benzene rings is 1. The molecule has 6 nitrogen and oxygen atoms in total. The van der Waals surface area contributed by atoms with Crippen LogP contribution in [0.3, 0.4) is 0 Å². The van der Waals surface area contributed by atoms with Crippen molar-refractivity contribution in [1.82, 2.24) is 10.6 Å². The Labute approximate surface area is 144 Å². The molecule has 1 aromatic heterocycles. The fourth-order valence-electron chi connectivity index (χ4n) is 2.98. The normalized spacial score (nSPS) is 19.1. The first-order valence-electron chi connectivity index (χ1n) is 8.08. The molecule has 1 unspecified atom stereocenters. The minimum Gasteiger partial charge on any atom is -0.469 e. The van der Waals surface area contributed by atoms with Crippen LogP contribution in [0.4, 0.5) is 4.39 Å². The standard InChI is InChI=1S/C18H19FN2O4/c19-13-5-3-12(4-6-13)10-20-16(22)17(23)21-11-18(24)8-1-2-15-14(18)7-9-25-15/h3-7,9,24H,1-2,8,10-11H2,(H,20,22)(H,21,23). The van der Waals surface area contributed by atoms with Crippen molar-refractivity contribution in [3.8, 4) is 0 Å². The average Bonchev–Trinajstić information content (AvgIpc) is 3.09. The second kappa shape index (κ2) is 7.06. The fraction of sp³-hybridized carbons (Fsp3) is 0.333. The van der Waals surface area contributed by atoms with Crippen LogP contribution < -0.4 is 10.6 Å². The van der Waals surface area contributed by atoms with Gasteiger partial charge >= 0.3 is 11.8 Å². The Morgan fingerprint density at radius 3 is 2.64 bits per heavy atom. The van der Waals surface area contributed by atoms with Gasteiger partial charge in [0.15, 0.2) is 0 Å². The van der Waals surface area contributed by atoms with Crippen LogP contribution in [-0.2, 0) is 28.2 Å². The maximum absolute atomic E-state index is 12.8. The highest BCUT2D eigenvalue weighted by Crippen LogP contribution is 2.35. The van der Waals surface area contributed by atoms with Crippen molar-refractivity contribution in [3.05, 3.63) is 59.3 Å². The quantitative estimate of drug-likeness (QED) is 0.729. The highest BCUT2D eigenvalue weighted by molar-refractivity contribution is 6.35. The van der Waals surface area contributed by atoms with Crippen molar-refractivity contribution >= 4 is 11.8 Å². The molecule has 1 aliphatic carbocycles. The third-order valence-electron chi connectivity index (χ3n) is 4.35. The van der Waals surface area contributed by atoms with E-state index in [9.17, 15) is 19.1 Å². The van der Waals surface area contributed by atoms with E-state index in [1.54, 1.807) is 6.07 Å². The van der Waals surface area contributed by atoms with Gasteiger partial charge in [-0.25, -0.2) is 4.39 Å². The highest BCUT2D eigenvalue weighted by Gasteiger charge is 2.36. The molecule has 132 valence electrons. The monoisotopic (exact) mass is 346 g/mol. The molecular weight excluding hydrogens is 327 g/mol. The van der Waals surface area contributed by atoms with Gasteiger partial charge in [-0.1, -0.05) is 12.1 Å². The van der Waals surface area contributed by atoms with E-state index in [4.69, 9.17) is 4.42 Å². The highest BCUT2D eigenvalue weighted by atomic mass is 19.1. The van der Waals surface area contributed by atoms with E-state index in [1.807, 2.05) is 0 Å². The van der Waals surface area contributed by atoms with Crippen LogP contribution in [0.5, 0.6) is 0 Å². The lowest BCUT2D eigenvalue weighted by Gasteiger charge is -2.31. The molecule has 2 aromatic rings. The second-order valence-electron chi connectivity index (χ2n) is 6.13. The number of hydrogen-bond acceptors (Lipinski definition) is 4. The largest absolute Gasteiger partial charge is 0.469 e. The molecule has 0 aliphatic heterocycles. The molecule has 0 saturated carbocycles. The van der Waals surface area contributed by atoms with Gasteiger partial charge in [0.2, 0.25) is 0 Å².